The number of benzene rings is 1. The van der Waals surface area contributed by atoms with Gasteiger partial charge in [-0.15, -0.1) is 0 Å². The maximum atomic E-state index is 3.80. The molecule has 0 aliphatic heterocycles. The third kappa shape index (κ3) is 6.56. The van der Waals surface area contributed by atoms with Gasteiger partial charge in [0.1, 0.15) is 0 Å². The molecule has 0 aliphatic rings. The Morgan fingerprint density at radius 1 is 1.00 bits per heavy atom. The van der Waals surface area contributed by atoms with Crippen molar-refractivity contribution in [2.45, 2.75) is 72.3 Å². The maximum absolute atomic E-state index is 3.80. The fraction of sp³-hybridized carbons (Fsp3) is 0.684. The minimum absolute atomic E-state index is 0.399. The third-order valence-corrected chi connectivity index (χ3v) is 4.06. The third-order valence-electron chi connectivity index (χ3n) is 4.06. The molecule has 1 nitrogen and oxygen atoms in total. The Labute approximate surface area is 126 Å². The van der Waals surface area contributed by atoms with E-state index >= 15 is 0 Å². The van der Waals surface area contributed by atoms with Crippen LogP contribution >= 0.6 is 0 Å². The van der Waals surface area contributed by atoms with E-state index in [0.717, 1.165) is 6.54 Å². The van der Waals surface area contributed by atoms with E-state index in [-0.39, 0.29) is 0 Å². The lowest BCUT2D eigenvalue weighted by Gasteiger charge is -2.29. The molecule has 0 saturated heterocycles. The van der Waals surface area contributed by atoms with Gasteiger partial charge in [-0.1, -0.05) is 83.7 Å². The van der Waals surface area contributed by atoms with E-state index in [0.29, 0.717) is 11.5 Å². The molecule has 1 N–H and O–H groups in total. The Morgan fingerprint density at radius 3 is 2.30 bits per heavy atom. The summed E-state index contributed by atoms with van der Waals surface area (Å²) < 4.78 is 0. The summed E-state index contributed by atoms with van der Waals surface area (Å²) in [6, 6.07) is 11.4. The quantitative estimate of drug-likeness (QED) is 0.538. The van der Waals surface area contributed by atoms with Crippen molar-refractivity contribution in [3.8, 4) is 0 Å². The predicted octanol–water partition coefficient (Wildman–Crippen LogP) is 5.72. The summed E-state index contributed by atoms with van der Waals surface area (Å²) in [5.74, 6) is 0. The summed E-state index contributed by atoms with van der Waals surface area (Å²) in [4.78, 5) is 0. The molecule has 0 saturated carbocycles. The Morgan fingerprint density at radius 2 is 1.70 bits per heavy atom. The molecule has 1 atom stereocenters. The van der Waals surface area contributed by atoms with Crippen LogP contribution in [0.5, 0.6) is 0 Å². The van der Waals surface area contributed by atoms with Crippen molar-refractivity contribution in [1.82, 2.24) is 5.32 Å². The first-order valence-corrected chi connectivity index (χ1v) is 8.37. The second-order valence-corrected chi connectivity index (χ2v) is 6.75. The summed E-state index contributed by atoms with van der Waals surface area (Å²) in [7, 11) is 0. The monoisotopic (exact) mass is 275 g/mol. The molecule has 0 fully saturated rings. The lowest BCUT2D eigenvalue weighted by Crippen LogP contribution is -2.32. The van der Waals surface area contributed by atoms with Gasteiger partial charge in [-0.3, -0.25) is 0 Å². The second-order valence-electron chi connectivity index (χ2n) is 6.75. The van der Waals surface area contributed by atoms with E-state index in [2.05, 4.69) is 63.3 Å². The van der Waals surface area contributed by atoms with E-state index in [9.17, 15) is 0 Å². The molecule has 0 bridgehead atoms. The first-order chi connectivity index (χ1) is 9.59. The van der Waals surface area contributed by atoms with Crippen LogP contribution in [-0.2, 0) is 0 Å². The van der Waals surface area contributed by atoms with Crippen LogP contribution in [0.1, 0.15) is 77.8 Å². The molecule has 1 unspecified atom stereocenters. The molecule has 0 radical (unpaired) electrons. The van der Waals surface area contributed by atoms with Crippen LogP contribution in [0.4, 0.5) is 0 Å². The molecule has 0 heterocycles. The summed E-state index contributed by atoms with van der Waals surface area (Å²) >= 11 is 0. The van der Waals surface area contributed by atoms with E-state index < -0.39 is 0 Å². The first kappa shape index (κ1) is 17.2. The molecule has 0 amide bonds. The van der Waals surface area contributed by atoms with Crippen molar-refractivity contribution in [2.24, 2.45) is 5.41 Å². The lowest BCUT2D eigenvalue weighted by atomic mass is 9.86. The SMILES string of the molecule is CCCCCC(C)(C)CNC(CCC)c1ccccc1. The minimum atomic E-state index is 0.399. The van der Waals surface area contributed by atoms with Crippen molar-refractivity contribution in [3.63, 3.8) is 0 Å². The van der Waals surface area contributed by atoms with Crippen LogP contribution in [0.25, 0.3) is 0 Å². The summed E-state index contributed by atoms with van der Waals surface area (Å²) in [5, 5.41) is 3.80. The van der Waals surface area contributed by atoms with Crippen molar-refractivity contribution >= 4 is 0 Å². The molecule has 1 aromatic carbocycles. The lowest BCUT2D eigenvalue weighted by molar-refractivity contribution is 0.283. The van der Waals surface area contributed by atoms with Crippen molar-refractivity contribution in [1.29, 1.82) is 0 Å². The van der Waals surface area contributed by atoms with E-state index in [1.165, 1.54) is 44.1 Å². The van der Waals surface area contributed by atoms with Crippen LogP contribution in [0.2, 0.25) is 0 Å². The number of nitrogens with one attached hydrogen (secondary N) is 1. The highest BCUT2D eigenvalue weighted by Gasteiger charge is 2.19. The molecule has 1 aromatic rings. The van der Waals surface area contributed by atoms with Crippen LogP contribution in [-0.4, -0.2) is 6.54 Å². The van der Waals surface area contributed by atoms with Gasteiger partial charge in [0.05, 0.1) is 0 Å². The highest BCUT2D eigenvalue weighted by atomic mass is 14.9. The zero-order chi connectivity index (χ0) is 14.8. The normalized spacial score (nSPS) is 13.4. The second kappa shape index (κ2) is 9.18. The molecule has 0 spiro atoms. The molecule has 114 valence electrons. The van der Waals surface area contributed by atoms with Gasteiger partial charge in [-0.25, -0.2) is 0 Å². The summed E-state index contributed by atoms with van der Waals surface area (Å²) in [5.41, 5.74) is 1.83. The van der Waals surface area contributed by atoms with Gasteiger partial charge in [-0.2, -0.15) is 0 Å². The van der Waals surface area contributed by atoms with Crippen molar-refractivity contribution < 1.29 is 0 Å². The van der Waals surface area contributed by atoms with Gasteiger partial charge in [0.25, 0.3) is 0 Å². The van der Waals surface area contributed by atoms with Gasteiger partial charge in [0.15, 0.2) is 0 Å². The van der Waals surface area contributed by atoms with Gasteiger partial charge in [0, 0.05) is 12.6 Å². The highest BCUT2D eigenvalue weighted by Crippen LogP contribution is 2.25. The number of unbranched alkanes of at least 4 members (excludes halogenated alkanes) is 2. The topological polar surface area (TPSA) is 12.0 Å². The summed E-state index contributed by atoms with van der Waals surface area (Å²) in [6.07, 6.45) is 7.79. The molecule has 20 heavy (non-hydrogen) atoms. The molecular formula is C19H33N. The number of hydrogen-bond acceptors (Lipinski definition) is 1. The van der Waals surface area contributed by atoms with Crippen LogP contribution < -0.4 is 5.32 Å². The Hall–Kier alpha value is -0.820. The Balaban J connectivity index is 2.50. The Kier molecular flexibility index (Phi) is 7.91. The maximum Gasteiger partial charge on any atom is 0.0320 e. The average Bonchev–Trinajstić information content (AvgIpc) is 2.44. The fourth-order valence-electron chi connectivity index (χ4n) is 2.70. The zero-order valence-corrected chi connectivity index (χ0v) is 13.9. The average molecular weight is 275 g/mol. The van der Waals surface area contributed by atoms with E-state index in [1.807, 2.05) is 0 Å². The van der Waals surface area contributed by atoms with Crippen LogP contribution in [0.15, 0.2) is 30.3 Å². The van der Waals surface area contributed by atoms with Crippen molar-refractivity contribution in [3.05, 3.63) is 35.9 Å². The molecular weight excluding hydrogens is 242 g/mol. The number of hydrogen-bond donors (Lipinski definition) is 1. The summed E-state index contributed by atoms with van der Waals surface area (Å²) in [6.45, 7) is 10.4. The van der Waals surface area contributed by atoms with Crippen LogP contribution in [0, 0.1) is 5.41 Å². The van der Waals surface area contributed by atoms with Gasteiger partial charge in [-0.05, 0) is 23.8 Å². The Bertz CT molecular complexity index is 342. The van der Waals surface area contributed by atoms with Gasteiger partial charge in [0.2, 0.25) is 0 Å². The van der Waals surface area contributed by atoms with Gasteiger partial charge >= 0.3 is 0 Å². The minimum Gasteiger partial charge on any atom is -0.309 e. The molecule has 1 rings (SSSR count). The standard InChI is InChI=1S/C19H33N/c1-5-7-11-15-19(3,4)16-20-18(12-6-2)17-13-9-8-10-14-17/h8-10,13-14,18,20H,5-7,11-12,15-16H2,1-4H3. The largest absolute Gasteiger partial charge is 0.309 e. The molecule has 0 aliphatic carbocycles. The van der Waals surface area contributed by atoms with E-state index in [1.54, 1.807) is 0 Å². The van der Waals surface area contributed by atoms with E-state index in [4.69, 9.17) is 0 Å². The highest BCUT2D eigenvalue weighted by molar-refractivity contribution is 5.18. The number of rotatable bonds is 10. The fourth-order valence-corrected chi connectivity index (χ4v) is 2.70. The smallest absolute Gasteiger partial charge is 0.0320 e. The molecule has 0 aromatic heterocycles. The van der Waals surface area contributed by atoms with Gasteiger partial charge < -0.3 is 5.32 Å². The predicted molar refractivity (Wildman–Crippen MR) is 90.0 cm³/mol. The first-order valence-electron chi connectivity index (χ1n) is 8.37. The van der Waals surface area contributed by atoms with Crippen LogP contribution in [0.3, 0.4) is 0 Å². The van der Waals surface area contributed by atoms with Crippen molar-refractivity contribution in [2.75, 3.05) is 6.54 Å². The zero-order valence-electron chi connectivity index (χ0n) is 13.9. The molecule has 1 heteroatoms.